The molecular weight excluding hydrogens is 170 g/mol. The third kappa shape index (κ3) is 2.62. The zero-order valence-corrected chi connectivity index (χ0v) is 7.28. The number of hydrogen-bond acceptors (Lipinski definition) is 4. The summed E-state index contributed by atoms with van der Waals surface area (Å²) in [5, 5.41) is 6.07. The largest absolute Gasteiger partial charge is 0.368 e. The Labute approximate surface area is 75.6 Å². The molecule has 13 heavy (non-hydrogen) atoms. The van der Waals surface area contributed by atoms with Gasteiger partial charge in [0.05, 0.1) is 0 Å². The van der Waals surface area contributed by atoms with Gasteiger partial charge in [0.15, 0.2) is 5.69 Å². The van der Waals surface area contributed by atoms with E-state index in [0.717, 1.165) is 0 Å². The number of carbonyl (C=O) groups excluding carboxylic acids is 1. The maximum Gasteiger partial charge on any atom is 0.273 e. The topological polar surface area (TPSA) is 81.2 Å². The summed E-state index contributed by atoms with van der Waals surface area (Å²) >= 11 is 0. The van der Waals surface area contributed by atoms with Gasteiger partial charge in [-0.15, -0.1) is 0 Å². The first-order chi connectivity index (χ1) is 6.24. The lowest BCUT2D eigenvalue weighted by Gasteiger charge is -1.95. The Morgan fingerprint density at radius 1 is 1.85 bits per heavy atom. The molecule has 0 radical (unpaired) electrons. The van der Waals surface area contributed by atoms with Gasteiger partial charge in [0, 0.05) is 12.6 Å². The highest BCUT2D eigenvalue weighted by Gasteiger charge is 2.08. The normalized spacial score (nSPS) is 10.5. The van der Waals surface area contributed by atoms with E-state index in [9.17, 15) is 4.79 Å². The Morgan fingerprint density at radius 2 is 2.62 bits per heavy atom. The zero-order valence-electron chi connectivity index (χ0n) is 7.28. The predicted molar refractivity (Wildman–Crippen MR) is 48.1 cm³/mol. The molecule has 0 aliphatic carbocycles. The zero-order chi connectivity index (χ0) is 9.68. The van der Waals surface area contributed by atoms with Crippen molar-refractivity contribution in [2.24, 2.45) is 0 Å². The molecule has 1 aromatic heterocycles. The monoisotopic (exact) mass is 181 g/mol. The standard InChI is InChI=1S/C8H11N3O2/c1-2-3-4-10-8(12)6-5-7(9)13-11-6/h2-3,5H,4,9H2,1H3,(H,10,12)/b3-2+. The highest BCUT2D eigenvalue weighted by atomic mass is 16.5. The lowest BCUT2D eigenvalue weighted by atomic mass is 10.4. The number of allylic oxidation sites excluding steroid dienone is 1. The summed E-state index contributed by atoms with van der Waals surface area (Å²) < 4.78 is 4.54. The first-order valence-corrected chi connectivity index (χ1v) is 3.85. The van der Waals surface area contributed by atoms with Crippen LogP contribution in [0.5, 0.6) is 0 Å². The minimum atomic E-state index is -0.293. The average molecular weight is 181 g/mol. The Bertz CT molecular complexity index is 317. The number of carbonyl (C=O) groups is 1. The number of nitrogens with two attached hydrogens (primary N) is 1. The first kappa shape index (κ1) is 9.31. The van der Waals surface area contributed by atoms with Crippen molar-refractivity contribution in [3.8, 4) is 0 Å². The van der Waals surface area contributed by atoms with Crippen molar-refractivity contribution in [3.63, 3.8) is 0 Å². The molecule has 0 atom stereocenters. The number of amides is 1. The molecule has 5 nitrogen and oxygen atoms in total. The van der Waals surface area contributed by atoms with Gasteiger partial charge in [0.1, 0.15) is 0 Å². The van der Waals surface area contributed by atoms with Crippen LogP contribution in [0.15, 0.2) is 22.7 Å². The van der Waals surface area contributed by atoms with E-state index in [0.29, 0.717) is 6.54 Å². The van der Waals surface area contributed by atoms with Crippen molar-refractivity contribution < 1.29 is 9.32 Å². The smallest absolute Gasteiger partial charge is 0.273 e. The fraction of sp³-hybridized carbons (Fsp3) is 0.250. The molecule has 70 valence electrons. The molecule has 1 heterocycles. The van der Waals surface area contributed by atoms with Gasteiger partial charge < -0.3 is 15.6 Å². The van der Waals surface area contributed by atoms with Crippen LogP contribution in [-0.2, 0) is 0 Å². The lowest BCUT2D eigenvalue weighted by Crippen LogP contribution is -2.23. The molecule has 0 aliphatic heterocycles. The maximum absolute atomic E-state index is 11.2. The molecule has 0 fully saturated rings. The van der Waals surface area contributed by atoms with Crippen LogP contribution in [0.1, 0.15) is 17.4 Å². The maximum atomic E-state index is 11.2. The molecule has 0 saturated heterocycles. The van der Waals surface area contributed by atoms with E-state index < -0.39 is 0 Å². The second kappa shape index (κ2) is 4.30. The van der Waals surface area contributed by atoms with Crippen LogP contribution in [0.2, 0.25) is 0 Å². The summed E-state index contributed by atoms with van der Waals surface area (Å²) in [5.74, 6) is -0.158. The minimum Gasteiger partial charge on any atom is -0.368 e. The second-order valence-corrected chi connectivity index (χ2v) is 2.39. The molecular formula is C8H11N3O2. The number of nitrogen functional groups attached to an aromatic ring is 1. The number of nitrogens with zero attached hydrogens (tertiary/aromatic N) is 1. The Kier molecular flexibility index (Phi) is 3.08. The summed E-state index contributed by atoms with van der Waals surface area (Å²) in [5.41, 5.74) is 5.44. The molecule has 0 aliphatic rings. The van der Waals surface area contributed by atoms with E-state index in [4.69, 9.17) is 5.73 Å². The second-order valence-electron chi connectivity index (χ2n) is 2.39. The van der Waals surface area contributed by atoms with Crippen LogP contribution >= 0.6 is 0 Å². The number of anilines is 1. The van der Waals surface area contributed by atoms with E-state index >= 15 is 0 Å². The van der Waals surface area contributed by atoms with Crippen molar-refractivity contribution in [3.05, 3.63) is 23.9 Å². The molecule has 1 rings (SSSR count). The van der Waals surface area contributed by atoms with Gasteiger partial charge in [0.25, 0.3) is 5.91 Å². The molecule has 1 aromatic rings. The van der Waals surface area contributed by atoms with Crippen LogP contribution in [0, 0.1) is 0 Å². The van der Waals surface area contributed by atoms with Gasteiger partial charge in [-0.25, -0.2) is 0 Å². The summed E-state index contributed by atoms with van der Waals surface area (Å²) in [4.78, 5) is 11.2. The number of hydrogen-bond donors (Lipinski definition) is 2. The highest BCUT2D eigenvalue weighted by molar-refractivity contribution is 5.92. The van der Waals surface area contributed by atoms with Gasteiger partial charge in [0.2, 0.25) is 5.88 Å². The van der Waals surface area contributed by atoms with Gasteiger partial charge in [-0.3, -0.25) is 4.79 Å². The van der Waals surface area contributed by atoms with Crippen LogP contribution in [0.3, 0.4) is 0 Å². The fourth-order valence-corrected chi connectivity index (χ4v) is 0.756. The van der Waals surface area contributed by atoms with Gasteiger partial charge >= 0.3 is 0 Å². The van der Waals surface area contributed by atoms with Crippen molar-refractivity contribution in [1.29, 1.82) is 0 Å². The van der Waals surface area contributed by atoms with E-state index in [1.165, 1.54) is 6.07 Å². The van der Waals surface area contributed by atoms with Crippen LogP contribution in [0.25, 0.3) is 0 Å². The molecule has 0 spiro atoms. The third-order valence-electron chi connectivity index (χ3n) is 1.38. The van der Waals surface area contributed by atoms with Crippen molar-refractivity contribution in [2.45, 2.75) is 6.92 Å². The van der Waals surface area contributed by atoms with Gasteiger partial charge in [-0.2, -0.15) is 0 Å². The summed E-state index contributed by atoms with van der Waals surface area (Å²) in [7, 11) is 0. The fourth-order valence-electron chi connectivity index (χ4n) is 0.756. The molecule has 0 aromatic carbocycles. The van der Waals surface area contributed by atoms with Crippen molar-refractivity contribution in [2.75, 3.05) is 12.3 Å². The van der Waals surface area contributed by atoms with Crippen molar-refractivity contribution in [1.82, 2.24) is 10.5 Å². The molecule has 0 bridgehead atoms. The number of nitrogens with one attached hydrogen (secondary N) is 1. The highest BCUT2D eigenvalue weighted by Crippen LogP contribution is 2.03. The van der Waals surface area contributed by atoms with Crippen LogP contribution in [-0.4, -0.2) is 17.6 Å². The number of rotatable bonds is 3. The molecule has 0 saturated carbocycles. The summed E-state index contributed by atoms with van der Waals surface area (Å²) in [6.45, 7) is 2.35. The van der Waals surface area contributed by atoms with Crippen molar-refractivity contribution >= 4 is 11.8 Å². The van der Waals surface area contributed by atoms with Gasteiger partial charge in [-0.05, 0) is 6.92 Å². The van der Waals surface area contributed by atoms with E-state index in [1.807, 2.05) is 19.1 Å². The first-order valence-electron chi connectivity index (χ1n) is 3.85. The van der Waals surface area contributed by atoms with E-state index in [1.54, 1.807) is 0 Å². The molecule has 3 N–H and O–H groups in total. The quantitative estimate of drug-likeness (QED) is 0.667. The van der Waals surface area contributed by atoms with E-state index in [2.05, 4.69) is 15.0 Å². The van der Waals surface area contributed by atoms with Gasteiger partial charge in [-0.1, -0.05) is 17.3 Å². The Balaban J connectivity index is 2.49. The van der Waals surface area contributed by atoms with E-state index in [-0.39, 0.29) is 17.5 Å². The minimum absolute atomic E-state index is 0.135. The molecule has 1 amide bonds. The Hall–Kier alpha value is -1.78. The molecule has 5 heteroatoms. The van der Waals surface area contributed by atoms with Crippen LogP contribution < -0.4 is 11.1 Å². The number of aromatic nitrogens is 1. The molecule has 0 unspecified atom stereocenters. The summed E-state index contributed by atoms with van der Waals surface area (Å²) in [6.07, 6.45) is 3.67. The SMILES string of the molecule is C/C=C/CNC(=O)c1cc(N)on1. The summed E-state index contributed by atoms with van der Waals surface area (Å²) in [6, 6.07) is 1.38. The Morgan fingerprint density at radius 3 is 3.15 bits per heavy atom. The third-order valence-corrected chi connectivity index (χ3v) is 1.38. The van der Waals surface area contributed by atoms with Crippen LogP contribution in [0.4, 0.5) is 5.88 Å². The average Bonchev–Trinajstić information content (AvgIpc) is 2.52. The lowest BCUT2D eigenvalue weighted by molar-refractivity contribution is 0.0949. The predicted octanol–water partition coefficient (Wildman–Crippen LogP) is 0.563.